The molecule has 2 atom stereocenters. The summed E-state index contributed by atoms with van der Waals surface area (Å²) < 4.78 is 15.5. The summed E-state index contributed by atoms with van der Waals surface area (Å²) in [6.45, 7) is 3.95. The molecule has 0 spiro atoms. The maximum atomic E-state index is 13.7. The summed E-state index contributed by atoms with van der Waals surface area (Å²) in [4.78, 5) is 24.8. The van der Waals surface area contributed by atoms with E-state index in [1.807, 2.05) is 44.2 Å². The van der Waals surface area contributed by atoms with E-state index in [2.05, 4.69) is 10.3 Å². The van der Waals surface area contributed by atoms with Crippen LogP contribution in [0.4, 0.5) is 16.0 Å². The number of hydrogen-bond acceptors (Lipinski definition) is 7. The summed E-state index contributed by atoms with van der Waals surface area (Å²) >= 11 is 0. The van der Waals surface area contributed by atoms with E-state index in [4.69, 9.17) is 15.1 Å². The van der Waals surface area contributed by atoms with Gasteiger partial charge in [0.25, 0.3) is 0 Å². The molecule has 0 unspecified atom stereocenters. The molecule has 204 valence electrons. The molecule has 0 aliphatic carbocycles. The van der Waals surface area contributed by atoms with Crippen LogP contribution >= 0.6 is 0 Å². The normalized spacial score (nSPS) is 12.8. The van der Waals surface area contributed by atoms with E-state index in [1.165, 1.54) is 18.2 Å². The van der Waals surface area contributed by atoms with Crippen LogP contribution in [0.1, 0.15) is 38.4 Å². The van der Waals surface area contributed by atoms with Crippen LogP contribution in [0.5, 0.6) is 0 Å². The van der Waals surface area contributed by atoms with Gasteiger partial charge in [-0.3, -0.25) is 4.79 Å². The molecule has 0 radical (unpaired) electrons. The average molecular weight is 556 g/mol. The second-order valence-corrected chi connectivity index (χ2v) is 9.35. The Kier molecular flexibility index (Phi) is 11.1. The van der Waals surface area contributed by atoms with Crippen LogP contribution < -0.4 is 5.32 Å². The van der Waals surface area contributed by atoms with Crippen LogP contribution in [0.25, 0.3) is 28.8 Å². The number of aliphatic carboxylic acids is 1. The molecule has 11 heteroatoms. The number of nitrogens with zero attached hydrogens (tertiary/aromatic N) is 4. The number of aromatic nitrogens is 4. The number of halogens is 1. The molecule has 0 bridgehead atoms. The fraction of sp³-hybridized carbons (Fsp3) is 0.241. The number of anilines is 2. The number of benzene rings is 2. The van der Waals surface area contributed by atoms with Crippen LogP contribution in [0.2, 0.25) is 0 Å². The predicted molar refractivity (Wildman–Crippen MR) is 154 cm³/mol. The summed E-state index contributed by atoms with van der Waals surface area (Å²) in [5.74, 6) is -0.534. The Morgan fingerprint density at radius 1 is 1.05 bits per heavy atom. The SMILES string of the molecule is CC(C)c1nc(-c2ccc(F)cc2)c(-c2ccnc(Nc3ccccc3)n2)n1/C=C/[C@H](O)C[C@H](O)CC(=O)O.[NaH]. The Morgan fingerprint density at radius 2 is 1.75 bits per heavy atom. The number of aliphatic hydroxyl groups is 2. The number of imidazole rings is 1. The molecule has 2 aromatic heterocycles. The molecule has 0 saturated carbocycles. The van der Waals surface area contributed by atoms with Gasteiger partial charge in [-0.15, -0.1) is 0 Å². The van der Waals surface area contributed by atoms with Crippen molar-refractivity contribution in [3.63, 3.8) is 0 Å². The number of carboxylic acids is 1. The van der Waals surface area contributed by atoms with Crippen molar-refractivity contribution in [3.05, 3.63) is 84.6 Å². The van der Waals surface area contributed by atoms with E-state index in [-0.39, 0.29) is 47.7 Å². The van der Waals surface area contributed by atoms with Gasteiger partial charge in [-0.2, -0.15) is 0 Å². The third-order valence-electron chi connectivity index (χ3n) is 5.88. The van der Waals surface area contributed by atoms with Crippen molar-refractivity contribution >= 4 is 53.4 Å². The summed E-state index contributed by atoms with van der Waals surface area (Å²) in [6.07, 6.45) is 1.81. The first-order valence-corrected chi connectivity index (χ1v) is 12.5. The Bertz CT molecular complexity index is 1440. The molecular weight excluding hydrogens is 524 g/mol. The fourth-order valence-corrected chi connectivity index (χ4v) is 4.09. The number of carboxylic acid groups (broad SMARTS) is 1. The zero-order valence-corrected chi connectivity index (χ0v) is 21.6. The van der Waals surface area contributed by atoms with Crippen molar-refractivity contribution in [2.45, 2.75) is 44.8 Å². The zero-order chi connectivity index (χ0) is 27.9. The van der Waals surface area contributed by atoms with Gasteiger partial charge < -0.3 is 25.2 Å². The van der Waals surface area contributed by atoms with Gasteiger partial charge in [0, 0.05) is 36.0 Å². The summed E-state index contributed by atoms with van der Waals surface area (Å²) in [7, 11) is 0. The summed E-state index contributed by atoms with van der Waals surface area (Å²) in [5.41, 5.74) is 3.18. The molecule has 0 saturated heterocycles. The van der Waals surface area contributed by atoms with Gasteiger partial charge in [-0.25, -0.2) is 19.3 Å². The van der Waals surface area contributed by atoms with Crippen LogP contribution in [0.15, 0.2) is 72.9 Å². The quantitative estimate of drug-likeness (QED) is 0.200. The Labute approximate surface area is 253 Å². The molecule has 4 N–H and O–H groups in total. The number of para-hydroxylation sites is 1. The first kappa shape index (κ1) is 31.1. The van der Waals surface area contributed by atoms with E-state index in [0.29, 0.717) is 34.4 Å². The molecule has 4 aromatic rings. The van der Waals surface area contributed by atoms with E-state index in [1.54, 1.807) is 35.2 Å². The van der Waals surface area contributed by atoms with Crippen molar-refractivity contribution in [1.82, 2.24) is 19.5 Å². The molecule has 0 aliphatic rings. The van der Waals surface area contributed by atoms with Gasteiger partial charge in [-0.1, -0.05) is 32.0 Å². The van der Waals surface area contributed by atoms with E-state index in [0.717, 1.165) is 5.69 Å². The van der Waals surface area contributed by atoms with Crippen molar-refractivity contribution in [2.24, 2.45) is 0 Å². The Hall–Kier alpha value is -3.41. The molecule has 40 heavy (non-hydrogen) atoms. The number of carbonyl (C=O) groups is 1. The van der Waals surface area contributed by atoms with Crippen LogP contribution in [-0.4, -0.2) is 82.6 Å². The number of aliphatic hydroxyl groups excluding tert-OH is 2. The third-order valence-corrected chi connectivity index (χ3v) is 5.88. The maximum absolute atomic E-state index is 13.7. The topological polar surface area (TPSA) is 133 Å². The van der Waals surface area contributed by atoms with E-state index >= 15 is 0 Å². The molecule has 0 aliphatic heterocycles. The number of rotatable bonds is 11. The first-order valence-electron chi connectivity index (χ1n) is 12.5. The summed E-state index contributed by atoms with van der Waals surface area (Å²) in [6, 6.07) is 17.2. The fourth-order valence-electron chi connectivity index (χ4n) is 4.09. The standard InChI is InChI=1S/C29H30FN5O4.Na.H/c1-18(2)28-34-26(19-8-10-20(30)11-9-19)27(35(28)15-13-22(36)16-23(37)17-25(38)39)24-12-14-31-29(33-24)32-21-6-4-3-5-7-21;;/h3-15,18,22-23,36-37H,16-17H2,1-2H3,(H,38,39)(H,31,32,33);;/b15-13+;;/t22-,23-;;/m0../s1. The molecule has 0 fully saturated rings. The van der Waals surface area contributed by atoms with Gasteiger partial charge in [-0.05, 0) is 48.5 Å². The first-order chi connectivity index (χ1) is 18.7. The van der Waals surface area contributed by atoms with Gasteiger partial charge >= 0.3 is 35.5 Å². The average Bonchev–Trinajstić information content (AvgIpc) is 3.28. The molecule has 9 nitrogen and oxygen atoms in total. The van der Waals surface area contributed by atoms with Crippen molar-refractivity contribution in [1.29, 1.82) is 0 Å². The van der Waals surface area contributed by atoms with Gasteiger partial charge in [0.2, 0.25) is 5.95 Å². The second-order valence-electron chi connectivity index (χ2n) is 9.35. The number of hydrogen-bond donors (Lipinski definition) is 4. The molecule has 4 rings (SSSR count). The minimum atomic E-state index is -1.20. The van der Waals surface area contributed by atoms with E-state index < -0.39 is 24.6 Å². The van der Waals surface area contributed by atoms with Crippen molar-refractivity contribution < 1.29 is 24.5 Å². The Morgan fingerprint density at radius 3 is 2.40 bits per heavy atom. The van der Waals surface area contributed by atoms with Gasteiger partial charge in [0.1, 0.15) is 11.6 Å². The molecular formula is C29H31FN5NaO4. The molecule has 2 aromatic carbocycles. The summed E-state index contributed by atoms with van der Waals surface area (Å²) in [5, 5.41) is 32.5. The van der Waals surface area contributed by atoms with Gasteiger partial charge in [0.05, 0.1) is 35.7 Å². The van der Waals surface area contributed by atoms with Crippen molar-refractivity contribution in [3.8, 4) is 22.6 Å². The third kappa shape index (κ3) is 8.06. The Balaban J connectivity index is 0.00000441. The molecule has 2 heterocycles. The number of nitrogens with one attached hydrogen (secondary N) is 1. The predicted octanol–water partition coefficient (Wildman–Crippen LogP) is 4.42. The molecule has 0 amide bonds. The second kappa shape index (κ2) is 14.3. The van der Waals surface area contributed by atoms with Crippen LogP contribution in [-0.2, 0) is 4.79 Å². The van der Waals surface area contributed by atoms with Gasteiger partial charge in [0.15, 0.2) is 0 Å². The zero-order valence-electron chi connectivity index (χ0n) is 21.6. The minimum absolute atomic E-state index is 0. The van der Waals surface area contributed by atoms with Crippen LogP contribution in [0, 0.1) is 5.82 Å². The van der Waals surface area contributed by atoms with Crippen LogP contribution in [0.3, 0.4) is 0 Å². The monoisotopic (exact) mass is 555 g/mol. The van der Waals surface area contributed by atoms with Crippen molar-refractivity contribution in [2.75, 3.05) is 5.32 Å². The van der Waals surface area contributed by atoms with E-state index in [9.17, 15) is 19.4 Å².